The van der Waals surface area contributed by atoms with E-state index in [0.717, 1.165) is 50.5 Å². The summed E-state index contributed by atoms with van der Waals surface area (Å²) in [5.41, 5.74) is 3.47. The minimum atomic E-state index is -0.614. The molecule has 1 saturated heterocycles. The number of benzene rings is 2. The molecule has 1 aliphatic rings. The lowest BCUT2D eigenvalue weighted by atomic mass is 10.0. The van der Waals surface area contributed by atoms with Crippen LogP contribution in [0, 0.1) is 12.7 Å². The van der Waals surface area contributed by atoms with Gasteiger partial charge in [0.25, 0.3) is 0 Å². The molecule has 0 amide bonds. The third kappa shape index (κ3) is 6.19. The first-order valence-corrected chi connectivity index (χ1v) is 10.3. The topological polar surface area (TPSA) is 59.9 Å². The summed E-state index contributed by atoms with van der Waals surface area (Å²) >= 11 is 0. The first-order valence-electron chi connectivity index (χ1n) is 10.3. The Bertz CT molecular complexity index is 831. The third-order valence-corrected chi connectivity index (χ3v) is 5.36. The van der Waals surface area contributed by atoms with Gasteiger partial charge < -0.3 is 15.7 Å². The van der Waals surface area contributed by atoms with Crippen molar-refractivity contribution in [3.8, 4) is 5.75 Å². The molecule has 2 aromatic carbocycles. The van der Waals surface area contributed by atoms with E-state index in [4.69, 9.17) is 0 Å². The molecule has 0 radical (unpaired) electrons. The van der Waals surface area contributed by atoms with E-state index in [1.54, 1.807) is 6.07 Å². The van der Waals surface area contributed by atoms with Crippen LogP contribution in [0.15, 0.2) is 47.5 Å². The van der Waals surface area contributed by atoms with Crippen molar-refractivity contribution in [3.63, 3.8) is 0 Å². The largest absolute Gasteiger partial charge is 0.505 e. The number of guanidine groups is 1. The molecule has 0 unspecified atom stereocenters. The molecular formula is C23H31FN4O. The summed E-state index contributed by atoms with van der Waals surface area (Å²) in [5, 5.41) is 16.1. The smallest absolute Gasteiger partial charge is 0.191 e. The van der Waals surface area contributed by atoms with Gasteiger partial charge in [-0.3, -0.25) is 4.90 Å². The molecule has 0 saturated carbocycles. The summed E-state index contributed by atoms with van der Waals surface area (Å²) in [7, 11) is 0. The lowest BCUT2D eigenvalue weighted by Crippen LogP contribution is -2.48. The van der Waals surface area contributed by atoms with Crippen molar-refractivity contribution in [2.24, 2.45) is 4.99 Å². The Morgan fingerprint density at radius 3 is 2.66 bits per heavy atom. The molecule has 29 heavy (non-hydrogen) atoms. The van der Waals surface area contributed by atoms with Crippen LogP contribution in [0.5, 0.6) is 5.75 Å². The van der Waals surface area contributed by atoms with Crippen molar-refractivity contribution in [1.29, 1.82) is 0 Å². The van der Waals surface area contributed by atoms with Crippen LogP contribution in [0.4, 0.5) is 4.39 Å². The zero-order valence-corrected chi connectivity index (χ0v) is 17.3. The molecule has 156 valence electrons. The number of aromatic hydroxyl groups is 1. The summed E-state index contributed by atoms with van der Waals surface area (Å²) in [4.78, 5) is 7.08. The maximum Gasteiger partial charge on any atom is 0.191 e. The molecule has 1 heterocycles. The van der Waals surface area contributed by atoms with E-state index in [-0.39, 0.29) is 5.75 Å². The Hall–Kier alpha value is -2.60. The van der Waals surface area contributed by atoms with Gasteiger partial charge in [0.15, 0.2) is 17.5 Å². The number of likely N-dealkylation sites (tertiary alicyclic amines) is 1. The quantitative estimate of drug-likeness (QED) is 0.514. The fourth-order valence-electron chi connectivity index (χ4n) is 3.60. The summed E-state index contributed by atoms with van der Waals surface area (Å²) in [5.74, 6) is -0.199. The number of rotatable bonds is 6. The number of phenols is 1. The molecule has 1 aliphatic heterocycles. The monoisotopic (exact) mass is 398 g/mol. The molecule has 5 nitrogen and oxygen atoms in total. The van der Waals surface area contributed by atoms with E-state index in [2.05, 4.69) is 51.7 Å². The highest BCUT2D eigenvalue weighted by Gasteiger charge is 2.20. The van der Waals surface area contributed by atoms with Crippen LogP contribution in [0.3, 0.4) is 0 Å². The molecule has 0 bridgehead atoms. The number of aryl methyl sites for hydroxylation is 1. The van der Waals surface area contributed by atoms with Gasteiger partial charge in [-0.05, 0) is 55.5 Å². The summed E-state index contributed by atoms with van der Waals surface area (Å²) in [6.07, 6.45) is 2.12. The minimum absolute atomic E-state index is 0.333. The van der Waals surface area contributed by atoms with Gasteiger partial charge in [0.05, 0.1) is 6.54 Å². The van der Waals surface area contributed by atoms with Gasteiger partial charge in [-0.1, -0.05) is 30.3 Å². The Balaban J connectivity index is 1.52. The van der Waals surface area contributed by atoms with Crippen molar-refractivity contribution in [2.75, 3.05) is 19.6 Å². The molecule has 3 N–H and O–H groups in total. The highest BCUT2D eigenvalue weighted by atomic mass is 19.1. The molecule has 0 spiro atoms. The van der Waals surface area contributed by atoms with E-state index in [1.807, 2.05) is 6.92 Å². The number of nitrogens with one attached hydrogen (secondary N) is 2. The van der Waals surface area contributed by atoms with E-state index >= 15 is 0 Å². The zero-order valence-electron chi connectivity index (χ0n) is 17.3. The number of aliphatic imine (C=N–C) groups is 1. The normalized spacial score (nSPS) is 16.0. The van der Waals surface area contributed by atoms with Crippen LogP contribution in [0.2, 0.25) is 0 Å². The minimum Gasteiger partial charge on any atom is -0.505 e. The molecule has 6 heteroatoms. The highest BCUT2D eigenvalue weighted by Crippen LogP contribution is 2.18. The molecule has 1 fully saturated rings. The Morgan fingerprint density at radius 1 is 1.21 bits per heavy atom. The second-order valence-corrected chi connectivity index (χ2v) is 7.60. The number of nitrogens with zero attached hydrogens (tertiary/aromatic N) is 2. The second-order valence-electron chi connectivity index (χ2n) is 7.60. The SMILES string of the molecule is CCNC(=NCc1ccc(O)c(F)c1)NC1CCN(Cc2ccccc2C)CC1. The standard InChI is InChI=1S/C23H31FN4O/c1-3-25-23(26-15-18-8-9-22(29)21(24)14-18)27-20-10-12-28(13-11-20)16-19-7-5-4-6-17(19)2/h4-9,14,20,29H,3,10-13,15-16H2,1-2H3,(H2,25,26,27). The van der Waals surface area contributed by atoms with Gasteiger partial charge in [-0.25, -0.2) is 9.38 Å². The summed E-state index contributed by atoms with van der Waals surface area (Å²) in [6, 6.07) is 13.3. The van der Waals surface area contributed by atoms with Crippen LogP contribution in [0.25, 0.3) is 0 Å². The molecule has 0 aromatic heterocycles. The fourth-order valence-corrected chi connectivity index (χ4v) is 3.60. The first kappa shape index (κ1) is 21.1. The number of hydrogen-bond donors (Lipinski definition) is 3. The van der Waals surface area contributed by atoms with Gasteiger partial charge in [-0.15, -0.1) is 0 Å². The van der Waals surface area contributed by atoms with Crippen molar-refractivity contribution >= 4 is 5.96 Å². The lowest BCUT2D eigenvalue weighted by molar-refractivity contribution is 0.198. The van der Waals surface area contributed by atoms with Crippen LogP contribution >= 0.6 is 0 Å². The maximum absolute atomic E-state index is 13.5. The number of halogens is 1. The maximum atomic E-state index is 13.5. The van der Waals surface area contributed by atoms with E-state index < -0.39 is 5.82 Å². The van der Waals surface area contributed by atoms with Crippen molar-refractivity contribution in [3.05, 3.63) is 65.0 Å². The summed E-state index contributed by atoms with van der Waals surface area (Å²) < 4.78 is 13.5. The van der Waals surface area contributed by atoms with Gasteiger partial charge in [0.1, 0.15) is 0 Å². The summed E-state index contributed by atoms with van der Waals surface area (Å²) in [6.45, 7) is 8.43. The van der Waals surface area contributed by atoms with Gasteiger partial charge in [0, 0.05) is 32.2 Å². The van der Waals surface area contributed by atoms with Gasteiger partial charge in [0.2, 0.25) is 0 Å². The molecule has 3 rings (SSSR count). The molecule has 2 aromatic rings. The van der Waals surface area contributed by atoms with Crippen molar-refractivity contribution in [2.45, 2.75) is 45.8 Å². The third-order valence-electron chi connectivity index (χ3n) is 5.36. The predicted octanol–water partition coefficient (Wildman–Crippen LogP) is 3.56. The van der Waals surface area contributed by atoms with E-state index in [9.17, 15) is 9.50 Å². The fraction of sp³-hybridized carbons (Fsp3) is 0.435. The van der Waals surface area contributed by atoms with Crippen molar-refractivity contribution in [1.82, 2.24) is 15.5 Å². The zero-order chi connectivity index (χ0) is 20.6. The predicted molar refractivity (Wildman–Crippen MR) is 115 cm³/mol. The van der Waals surface area contributed by atoms with E-state index in [1.165, 1.54) is 23.3 Å². The Kier molecular flexibility index (Phi) is 7.47. The van der Waals surface area contributed by atoms with E-state index in [0.29, 0.717) is 12.6 Å². The van der Waals surface area contributed by atoms with Crippen molar-refractivity contribution < 1.29 is 9.50 Å². The lowest BCUT2D eigenvalue weighted by Gasteiger charge is -2.33. The number of hydrogen-bond acceptors (Lipinski definition) is 3. The molecule has 0 atom stereocenters. The number of phenolic OH excluding ortho intramolecular Hbond substituents is 1. The second kappa shape index (κ2) is 10.3. The average Bonchev–Trinajstić information content (AvgIpc) is 2.72. The van der Waals surface area contributed by atoms with Crippen LogP contribution in [-0.2, 0) is 13.1 Å². The van der Waals surface area contributed by atoms with Crippen LogP contribution in [-0.4, -0.2) is 41.6 Å². The first-order chi connectivity index (χ1) is 14.0. The van der Waals surface area contributed by atoms with Crippen LogP contribution in [0.1, 0.15) is 36.5 Å². The number of piperidine rings is 1. The molecular weight excluding hydrogens is 367 g/mol. The average molecular weight is 399 g/mol. The van der Waals surface area contributed by atoms with Gasteiger partial charge >= 0.3 is 0 Å². The highest BCUT2D eigenvalue weighted by molar-refractivity contribution is 5.80. The molecule has 0 aliphatic carbocycles. The Morgan fingerprint density at radius 2 is 1.97 bits per heavy atom. The van der Waals surface area contributed by atoms with Crippen LogP contribution < -0.4 is 10.6 Å². The van der Waals surface area contributed by atoms with Gasteiger partial charge in [-0.2, -0.15) is 0 Å². The Labute approximate surface area is 172 Å².